The molecule has 20 heavy (non-hydrogen) atoms. The summed E-state index contributed by atoms with van der Waals surface area (Å²) in [4.78, 5) is 0. The summed E-state index contributed by atoms with van der Waals surface area (Å²) in [5.41, 5.74) is -1.05. The van der Waals surface area contributed by atoms with E-state index in [1.54, 1.807) is 0 Å². The van der Waals surface area contributed by atoms with Crippen molar-refractivity contribution in [3.05, 3.63) is 0 Å². The van der Waals surface area contributed by atoms with E-state index in [2.05, 4.69) is 26.8 Å². The van der Waals surface area contributed by atoms with Gasteiger partial charge in [0.1, 0.15) is 0 Å². The minimum Gasteiger partial charge on any atom is -0.388 e. The Balaban J connectivity index is 2.14. The van der Waals surface area contributed by atoms with Crippen molar-refractivity contribution < 1.29 is 5.11 Å². The van der Waals surface area contributed by atoms with Crippen LogP contribution in [0.2, 0.25) is 0 Å². The maximum absolute atomic E-state index is 11.3. The van der Waals surface area contributed by atoms with Crippen molar-refractivity contribution in [3.8, 4) is 6.07 Å². The maximum Gasteiger partial charge on any atom is 0.0860 e. The molecule has 0 heterocycles. The van der Waals surface area contributed by atoms with E-state index in [1.807, 2.05) is 0 Å². The Morgan fingerprint density at radius 3 is 2.30 bits per heavy atom. The number of nitrogens with zero attached hydrogens (tertiary/aromatic N) is 1. The third-order valence-electron chi connectivity index (χ3n) is 5.98. The third-order valence-corrected chi connectivity index (χ3v) is 5.98. The van der Waals surface area contributed by atoms with Crippen molar-refractivity contribution in [2.75, 3.05) is 0 Å². The molecule has 0 aromatic carbocycles. The molecule has 2 nitrogen and oxygen atoms in total. The van der Waals surface area contributed by atoms with Gasteiger partial charge in [-0.2, -0.15) is 5.26 Å². The van der Waals surface area contributed by atoms with Crippen LogP contribution in [0, 0.1) is 28.1 Å². The molecule has 0 bridgehead atoms. The summed E-state index contributed by atoms with van der Waals surface area (Å²) in [7, 11) is 0. The highest BCUT2D eigenvalue weighted by molar-refractivity contribution is 5.15. The Kier molecular flexibility index (Phi) is 4.50. The highest BCUT2D eigenvalue weighted by Crippen LogP contribution is 2.55. The molecule has 2 fully saturated rings. The third kappa shape index (κ3) is 2.89. The molecular weight excluding hydrogens is 246 g/mol. The van der Waals surface area contributed by atoms with Gasteiger partial charge in [0.15, 0.2) is 0 Å². The van der Waals surface area contributed by atoms with Gasteiger partial charge in [0.25, 0.3) is 0 Å². The predicted molar refractivity (Wildman–Crippen MR) is 82.1 cm³/mol. The summed E-state index contributed by atoms with van der Waals surface area (Å²) in [6, 6.07) is 2.58. The SMILES string of the molecule is CCCC1CCC(C#N)(C2(O)CCCC(C)(C)C2)CC1. The topological polar surface area (TPSA) is 44.0 Å². The summed E-state index contributed by atoms with van der Waals surface area (Å²) in [5.74, 6) is 0.779. The van der Waals surface area contributed by atoms with Gasteiger partial charge < -0.3 is 5.11 Å². The van der Waals surface area contributed by atoms with Crippen LogP contribution in [0.5, 0.6) is 0 Å². The number of rotatable bonds is 3. The lowest BCUT2D eigenvalue weighted by Gasteiger charge is -2.52. The number of hydrogen-bond acceptors (Lipinski definition) is 2. The molecule has 114 valence electrons. The first-order valence-corrected chi connectivity index (χ1v) is 8.50. The molecule has 2 heteroatoms. The van der Waals surface area contributed by atoms with E-state index in [9.17, 15) is 10.4 Å². The van der Waals surface area contributed by atoms with Crippen molar-refractivity contribution in [1.82, 2.24) is 0 Å². The van der Waals surface area contributed by atoms with Crippen LogP contribution in [-0.4, -0.2) is 10.7 Å². The highest BCUT2D eigenvalue weighted by Gasteiger charge is 2.55. The van der Waals surface area contributed by atoms with E-state index >= 15 is 0 Å². The molecule has 0 amide bonds. The maximum atomic E-state index is 11.3. The minimum absolute atomic E-state index is 0.178. The van der Waals surface area contributed by atoms with Crippen LogP contribution >= 0.6 is 0 Å². The van der Waals surface area contributed by atoms with Gasteiger partial charge in [-0.3, -0.25) is 0 Å². The molecule has 2 aliphatic carbocycles. The average molecular weight is 277 g/mol. The molecule has 0 aliphatic heterocycles. The Morgan fingerprint density at radius 1 is 1.15 bits per heavy atom. The van der Waals surface area contributed by atoms with Crippen LogP contribution in [0.4, 0.5) is 0 Å². The predicted octanol–water partition coefficient (Wildman–Crippen LogP) is 4.82. The fourth-order valence-corrected chi connectivity index (χ4v) is 4.78. The van der Waals surface area contributed by atoms with E-state index in [4.69, 9.17) is 0 Å². The van der Waals surface area contributed by atoms with E-state index < -0.39 is 11.0 Å². The van der Waals surface area contributed by atoms with Crippen molar-refractivity contribution >= 4 is 0 Å². The van der Waals surface area contributed by atoms with Crippen molar-refractivity contribution in [3.63, 3.8) is 0 Å². The van der Waals surface area contributed by atoms with Crippen LogP contribution in [0.15, 0.2) is 0 Å². The zero-order chi connectivity index (χ0) is 14.9. The lowest BCUT2D eigenvalue weighted by atomic mass is 9.54. The lowest BCUT2D eigenvalue weighted by molar-refractivity contribution is -0.128. The fourth-order valence-electron chi connectivity index (χ4n) is 4.78. The monoisotopic (exact) mass is 277 g/mol. The molecular formula is C18H31NO. The molecule has 2 aliphatic rings. The van der Waals surface area contributed by atoms with Gasteiger partial charge in [0, 0.05) is 0 Å². The van der Waals surface area contributed by atoms with E-state index in [0.29, 0.717) is 0 Å². The summed E-state index contributed by atoms with van der Waals surface area (Å²) < 4.78 is 0. The van der Waals surface area contributed by atoms with Gasteiger partial charge in [-0.15, -0.1) is 0 Å². The van der Waals surface area contributed by atoms with Gasteiger partial charge >= 0.3 is 0 Å². The van der Waals surface area contributed by atoms with Gasteiger partial charge in [0.05, 0.1) is 17.1 Å². The standard InChI is InChI=1S/C18H31NO/c1-4-6-15-7-11-17(14-19,12-8-15)18(20)10-5-9-16(2,3)13-18/h15,20H,4-13H2,1-3H3. The normalized spacial score (nSPS) is 41.0. The average Bonchev–Trinajstić information content (AvgIpc) is 2.38. The molecule has 1 atom stereocenters. The van der Waals surface area contributed by atoms with E-state index in [1.165, 1.54) is 19.3 Å². The molecule has 1 N–H and O–H groups in total. The molecule has 0 saturated heterocycles. The molecule has 0 radical (unpaired) electrons. The second-order valence-corrected chi connectivity index (χ2v) is 8.15. The summed E-state index contributed by atoms with van der Waals surface area (Å²) in [6.45, 7) is 6.72. The zero-order valence-corrected chi connectivity index (χ0v) is 13.5. The number of aliphatic hydroxyl groups is 1. The van der Waals surface area contributed by atoms with Gasteiger partial charge in [-0.25, -0.2) is 0 Å². The molecule has 2 saturated carbocycles. The van der Waals surface area contributed by atoms with Gasteiger partial charge in [0.2, 0.25) is 0 Å². The first-order valence-electron chi connectivity index (χ1n) is 8.50. The second-order valence-electron chi connectivity index (χ2n) is 8.15. The van der Waals surface area contributed by atoms with Crippen LogP contribution < -0.4 is 0 Å². The van der Waals surface area contributed by atoms with E-state index in [-0.39, 0.29) is 5.41 Å². The molecule has 0 aromatic heterocycles. The lowest BCUT2D eigenvalue weighted by Crippen LogP contribution is -2.53. The number of hydrogen-bond donors (Lipinski definition) is 1. The van der Waals surface area contributed by atoms with Crippen LogP contribution in [0.1, 0.15) is 85.0 Å². The Hall–Kier alpha value is -0.550. The largest absolute Gasteiger partial charge is 0.388 e. The quantitative estimate of drug-likeness (QED) is 0.804. The van der Waals surface area contributed by atoms with Crippen LogP contribution in [-0.2, 0) is 0 Å². The summed E-state index contributed by atoms with van der Waals surface area (Å²) in [5, 5.41) is 21.1. The number of nitriles is 1. The first kappa shape index (κ1) is 15.8. The molecule has 0 aromatic rings. The summed E-state index contributed by atoms with van der Waals surface area (Å²) in [6.07, 6.45) is 10.4. The first-order chi connectivity index (χ1) is 9.36. The highest BCUT2D eigenvalue weighted by atomic mass is 16.3. The van der Waals surface area contributed by atoms with Crippen LogP contribution in [0.3, 0.4) is 0 Å². The molecule has 1 unspecified atom stereocenters. The second kappa shape index (κ2) is 5.68. The summed E-state index contributed by atoms with van der Waals surface area (Å²) >= 11 is 0. The van der Waals surface area contributed by atoms with E-state index in [0.717, 1.165) is 50.9 Å². The minimum atomic E-state index is -0.749. The molecule has 0 spiro atoms. The zero-order valence-electron chi connectivity index (χ0n) is 13.5. The van der Waals surface area contributed by atoms with Gasteiger partial charge in [-0.05, 0) is 56.3 Å². The smallest absolute Gasteiger partial charge is 0.0860 e. The molecule has 2 rings (SSSR count). The van der Waals surface area contributed by atoms with Crippen molar-refractivity contribution in [1.29, 1.82) is 5.26 Å². The fraction of sp³-hybridized carbons (Fsp3) is 0.944. The van der Waals surface area contributed by atoms with Crippen molar-refractivity contribution in [2.45, 2.75) is 90.6 Å². The Labute approximate surface area is 124 Å². The Morgan fingerprint density at radius 2 is 1.80 bits per heavy atom. The van der Waals surface area contributed by atoms with Crippen molar-refractivity contribution in [2.24, 2.45) is 16.7 Å². The van der Waals surface area contributed by atoms with Crippen LogP contribution in [0.25, 0.3) is 0 Å². The Bertz CT molecular complexity index is 373. The van der Waals surface area contributed by atoms with Gasteiger partial charge in [-0.1, -0.05) is 40.0 Å².